The molecule has 0 saturated heterocycles. The van der Waals surface area contributed by atoms with Gasteiger partial charge in [-0.05, 0) is 25.0 Å². The maximum Gasteiger partial charge on any atom is 0.221 e. The third kappa shape index (κ3) is 6.38. The number of pyridine rings is 1. The molecule has 2 rings (SSSR count). The Morgan fingerprint density at radius 1 is 1.22 bits per heavy atom. The van der Waals surface area contributed by atoms with Crippen molar-refractivity contribution in [3.05, 3.63) is 30.1 Å². The molecule has 0 spiro atoms. The number of nitrogens with one attached hydrogen (secondary N) is 1. The summed E-state index contributed by atoms with van der Waals surface area (Å²) in [7, 11) is 0. The first-order valence-corrected chi connectivity index (χ1v) is 8.60. The van der Waals surface area contributed by atoms with Gasteiger partial charge in [-0.25, -0.2) is 0 Å². The molecule has 1 heterocycles. The average molecular weight is 317 g/mol. The van der Waals surface area contributed by atoms with E-state index < -0.39 is 0 Å². The molecule has 0 unspecified atom stereocenters. The number of carbonyl (C=O) groups is 2. The van der Waals surface area contributed by atoms with Crippen molar-refractivity contribution >= 4 is 11.8 Å². The van der Waals surface area contributed by atoms with Gasteiger partial charge in [-0.1, -0.05) is 31.7 Å². The maximum atomic E-state index is 12.1. The van der Waals surface area contributed by atoms with Crippen LogP contribution in [0.3, 0.4) is 0 Å². The second-order valence-electron chi connectivity index (χ2n) is 6.27. The lowest BCUT2D eigenvalue weighted by Crippen LogP contribution is -2.38. The lowest BCUT2D eigenvalue weighted by Gasteiger charge is -2.21. The van der Waals surface area contributed by atoms with Gasteiger partial charge in [-0.2, -0.15) is 0 Å². The van der Waals surface area contributed by atoms with Crippen molar-refractivity contribution < 1.29 is 9.59 Å². The molecule has 1 aromatic rings. The second-order valence-corrected chi connectivity index (χ2v) is 6.27. The van der Waals surface area contributed by atoms with Crippen molar-refractivity contribution in [1.82, 2.24) is 15.2 Å². The SMILES string of the molecule is CC(=O)N(CCC(=O)NC1CCCCCC1)Cc1ccccn1. The molecule has 0 bridgehead atoms. The van der Waals surface area contributed by atoms with E-state index in [4.69, 9.17) is 0 Å². The van der Waals surface area contributed by atoms with E-state index in [0.717, 1.165) is 18.5 Å². The normalized spacial score (nSPS) is 15.7. The van der Waals surface area contributed by atoms with Gasteiger partial charge >= 0.3 is 0 Å². The van der Waals surface area contributed by atoms with Gasteiger partial charge in [-0.3, -0.25) is 14.6 Å². The minimum absolute atomic E-state index is 0.0297. The minimum atomic E-state index is -0.0297. The third-order valence-corrected chi connectivity index (χ3v) is 4.35. The predicted octanol–water partition coefficient (Wildman–Crippen LogP) is 2.66. The summed E-state index contributed by atoms with van der Waals surface area (Å²) in [6.07, 6.45) is 9.17. The van der Waals surface area contributed by atoms with Crippen LogP contribution in [0.4, 0.5) is 0 Å². The van der Waals surface area contributed by atoms with E-state index in [0.29, 0.717) is 25.6 Å². The van der Waals surface area contributed by atoms with Crippen LogP contribution in [0.2, 0.25) is 0 Å². The fourth-order valence-electron chi connectivity index (χ4n) is 3.00. The highest BCUT2D eigenvalue weighted by molar-refractivity contribution is 5.78. The van der Waals surface area contributed by atoms with Crippen molar-refractivity contribution in [1.29, 1.82) is 0 Å². The van der Waals surface area contributed by atoms with E-state index in [1.165, 1.54) is 32.6 Å². The predicted molar refractivity (Wildman–Crippen MR) is 89.6 cm³/mol. The lowest BCUT2D eigenvalue weighted by molar-refractivity contribution is -0.130. The zero-order valence-corrected chi connectivity index (χ0v) is 14.0. The molecule has 1 aliphatic carbocycles. The quantitative estimate of drug-likeness (QED) is 0.821. The van der Waals surface area contributed by atoms with Crippen LogP contribution in [0, 0.1) is 0 Å². The van der Waals surface area contributed by atoms with Crippen LogP contribution in [-0.2, 0) is 16.1 Å². The van der Waals surface area contributed by atoms with E-state index in [-0.39, 0.29) is 11.8 Å². The fourth-order valence-corrected chi connectivity index (χ4v) is 3.00. The second kappa shape index (κ2) is 9.28. The van der Waals surface area contributed by atoms with E-state index in [2.05, 4.69) is 10.3 Å². The Morgan fingerprint density at radius 3 is 2.57 bits per heavy atom. The molecule has 0 aromatic carbocycles. The van der Waals surface area contributed by atoms with Gasteiger partial charge in [0.1, 0.15) is 0 Å². The molecule has 0 atom stereocenters. The Bertz CT molecular complexity index is 496. The molecular weight excluding hydrogens is 290 g/mol. The zero-order valence-electron chi connectivity index (χ0n) is 14.0. The van der Waals surface area contributed by atoms with Gasteiger partial charge in [-0.15, -0.1) is 0 Å². The van der Waals surface area contributed by atoms with Crippen LogP contribution >= 0.6 is 0 Å². The average Bonchev–Trinajstić information content (AvgIpc) is 2.80. The third-order valence-electron chi connectivity index (χ3n) is 4.35. The summed E-state index contributed by atoms with van der Waals surface area (Å²) >= 11 is 0. The van der Waals surface area contributed by atoms with Gasteiger partial charge < -0.3 is 10.2 Å². The minimum Gasteiger partial charge on any atom is -0.353 e. The molecule has 23 heavy (non-hydrogen) atoms. The molecule has 1 fully saturated rings. The Hall–Kier alpha value is -1.91. The summed E-state index contributed by atoms with van der Waals surface area (Å²) in [4.78, 5) is 29.8. The number of nitrogens with zero attached hydrogens (tertiary/aromatic N) is 2. The Kier molecular flexibility index (Phi) is 7.04. The summed E-state index contributed by atoms with van der Waals surface area (Å²) in [6, 6.07) is 5.95. The molecular formula is C18H27N3O2. The van der Waals surface area contributed by atoms with Crippen molar-refractivity contribution in [2.24, 2.45) is 0 Å². The highest BCUT2D eigenvalue weighted by Gasteiger charge is 2.16. The number of hydrogen-bond donors (Lipinski definition) is 1. The first-order chi connectivity index (χ1) is 11.1. The summed E-state index contributed by atoms with van der Waals surface area (Å²) in [5, 5.41) is 3.12. The topological polar surface area (TPSA) is 62.3 Å². The number of carbonyl (C=O) groups excluding carboxylic acids is 2. The van der Waals surface area contributed by atoms with Crippen LogP contribution in [0.1, 0.15) is 57.6 Å². The highest BCUT2D eigenvalue weighted by atomic mass is 16.2. The number of hydrogen-bond acceptors (Lipinski definition) is 3. The summed E-state index contributed by atoms with van der Waals surface area (Å²) in [6.45, 7) is 2.42. The van der Waals surface area contributed by atoms with Crippen molar-refractivity contribution in [3.8, 4) is 0 Å². The first-order valence-electron chi connectivity index (χ1n) is 8.60. The molecule has 2 amide bonds. The number of aromatic nitrogens is 1. The van der Waals surface area contributed by atoms with Gasteiger partial charge in [0.05, 0.1) is 12.2 Å². The van der Waals surface area contributed by atoms with Gasteiger partial charge in [0.15, 0.2) is 0 Å². The summed E-state index contributed by atoms with van der Waals surface area (Å²) < 4.78 is 0. The summed E-state index contributed by atoms with van der Waals surface area (Å²) in [5.74, 6) is 0.0158. The smallest absolute Gasteiger partial charge is 0.221 e. The van der Waals surface area contributed by atoms with Gasteiger partial charge in [0.25, 0.3) is 0 Å². The first kappa shape index (κ1) is 17.4. The largest absolute Gasteiger partial charge is 0.353 e. The molecule has 5 heteroatoms. The fraction of sp³-hybridized carbons (Fsp3) is 0.611. The van der Waals surface area contributed by atoms with Crippen molar-refractivity contribution in [2.75, 3.05) is 6.54 Å². The molecule has 1 saturated carbocycles. The molecule has 126 valence electrons. The Labute approximate surface area is 138 Å². The van der Waals surface area contributed by atoms with Gasteiger partial charge in [0, 0.05) is 32.1 Å². The van der Waals surface area contributed by atoms with E-state index in [9.17, 15) is 9.59 Å². The van der Waals surface area contributed by atoms with Crippen molar-refractivity contribution in [2.45, 2.75) is 64.5 Å². The zero-order chi connectivity index (χ0) is 16.5. The van der Waals surface area contributed by atoms with Gasteiger partial charge in [0.2, 0.25) is 11.8 Å². The van der Waals surface area contributed by atoms with E-state index >= 15 is 0 Å². The van der Waals surface area contributed by atoms with Crippen LogP contribution in [0.5, 0.6) is 0 Å². The molecule has 1 aromatic heterocycles. The van der Waals surface area contributed by atoms with Crippen LogP contribution in [0.15, 0.2) is 24.4 Å². The summed E-state index contributed by atoms with van der Waals surface area (Å²) in [5.41, 5.74) is 0.840. The lowest BCUT2D eigenvalue weighted by atomic mass is 10.1. The Balaban J connectivity index is 1.78. The van der Waals surface area contributed by atoms with Crippen LogP contribution in [-0.4, -0.2) is 34.3 Å². The van der Waals surface area contributed by atoms with E-state index in [1.807, 2.05) is 18.2 Å². The molecule has 0 aliphatic heterocycles. The van der Waals surface area contributed by atoms with Crippen LogP contribution < -0.4 is 5.32 Å². The maximum absolute atomic E-state index is 12.1. The Morgan fingerprint density at radius 2 is 1.96 bits per heavy atom. The highest BCUT2D eigenvalue weighted by Crippen LogP contribution is 2.17. The number of amides is 2. The monoisotopic (exact) mass is 317 g/mol. The molecule has 1 N–H and O–H groups in total. The van der Waals surface area contributed by atoms with Crippen LogP contribution in [0.25, 0.3) is 0 Å². The molecule has 5 nitrogen and oxygen atoms in total. The molecule has 0 radical (unpaired) electrons. The number of rotatable bonds is 6. The molecule has 1 aliphatic rings. The van der Waals surface area contributed by atoms with E-state index in [1.54, 1.807) is 11.1 Å². The van der Waals surface area contributed by atoms with Crippen molar-refractivity contribution in [3.63, 3.8) is 0 Å². The standard InChI is InChI=1S/C18H27N3O2/c1-15(22)21(14-17-10-6-7-12-19-17)13-11-18(23)20-16-8-4-2-3-5-9-16/h6-7,10,12,16H,2-5,8-9,11,13-14H2,1H3,(H,20,23).